The van der Waals surface area contributed by atoms with Crippen LogP contribution in [0.15, 0.2) is 17.8 Å². The van der Waals surface area contributed by atoms with Crippen molar-refractivity contribution in [1.82, 2.24) is 9.78 Å². The quantitative estimate of drug-likeness (QED) is 0.901. The molecule has 6 heteroatoms. The molecule has 4 heterocycles. The van der Waals surface area contributed by atoms with E-state index in [-0.39, 0.29) is 18.1 Å². The lowest BCUT2D eigenvalue weighted by atomic mass is 9.89. The molecule has 2 unspecified atom stereocenters. The molecule has 2 saturated heterocycles. The minimum absolute atomic E-state index is 0.00668. The normalized spacial score (nSPS) is 29.3. The van der Waals surface area contributed by atoms with Gasteiger partial charge in [-0.1, -0.05) is 0 Å². The summed E-state index contributed by atoms with van der Waals surface area (Å²) in [6.07, 6.45) is 5.40. The second-order valence-electron chi connectivity index (χ2n) is 5.89. The van der Waals surface area contributed by atoms with E-state index in [4.69, 9.17) is 15.2 Å². The van der Waals surface area contributed by atoms with E-state index in [1.807, 2.05) is 10.7 Å². The smallest absolute Gasteiger partial charge is 0.247 e. The molecule has 1 aromatic heterocycles. The van der Waals surface area contributed by atoms with E-state index in [0.717, 1.165) is 50.2 Å². The van der Waals surface area contributed by atoms with Gasteiger partial charge in [0.1, 0.15) is 0 Å². The van der Waals surface area contributed by atoms with Crippen LogP contribution < -0.4 is 5.73 Å². The monoisotopic (exact) mass is 289 g/mol. The van der Waals surface area contributed by atoms with Crippen LogP contribution in [-0.2, 0) is 14.3 Å². The molecule has 1 amide bonds. The average Bonchev–Trinajstić information content (AvgIpc) is 3.22. The Hall–Kier alpha value is -1.66. The zero-order chi connectivity index (χ0) is 14.4. The van der Waals surface area contributed by atoms with Gasteiger partial charge in [-0.15, -0.1) is 0 Å². The number of ether oxygens (including phenoxy) is 2. The van der Waals surface area contributed by atoms with Gasteiger partial charge in [0.05, 0.1) is 29.5 Å². The van der Waals surface area contributed by atoms with E-state index in [2.05, 4.69) is 5.10 Å². The van der Waals surface area contributed by atoms with E-state index in [0.29, 0.717) is 11.6 Å². The maximum Gasteiger partial charge on any atom is 0.247 e. The summed E-state index contributed by atoms with van der Waals surface area (Å²) in [6.45, 7) is 1.52. The van der Waals surface area contributed by atoms with E-state index >= 15 is 0 Å². The first-order valence-electron chi connectivity index (χ1n) is 7.56. The predicted molar refractivity (Wildman–Crippen MR) is 75.3 cm³/mol. The Morgan fingerprint density at radius 2 is 2.00 bits per heavy atom. The Morgan fingerprint density at radius 3 is 2.76 bits per heavy atom. The molecule has 2 bridgehead atoms. The Bertz CT molecular complexity index is 601. The molecule has 1 aromatic rings. The van der Waals surface area contributed by atoms with Crippen LogP contribution in [-0.4, -0.2) is 41.1 Å². The van der Waals surface area contributed by atoms with Gasteiger partial charge in [-0.05, 0) is 31.7 Å². The number of carbonyl (C=O) groups is 1. The number of fused-ring (bicyclic) bond motifs is 2. The van der Waals surface area contributed by atoms with E-state index in [9.17, 15) is 4.79 Å². The number of nitrogens with zero attached hydrogens (tertiary/aromatic N) is 2. The molecule has 0 aliphatic carbocycles. The van der Waals surface area contributed by atoms with Crippen molar-refractivity contribution in [3.8, 4) is 0 Å². The van der Waals surface area contributed by atoms with Crippen molar-refractivity contribution in [1.29, 1.82) is 0 Å². The SMILES string of the molecule is NC(=O)C1=C(c2ccnn2C2CCOCC2)C2CCC1O2. The van der Waals surface area contributed by atoms with Crippen LogP contribution >= 0.6 is 0 Å². The summed E-state index contributed by atoms with van der Waals surface area (Å²) in [5, 5.41) is 4.48. The molecule has 21 heavy (non-hydrogen) atoms. The van der Waals surface area contributed by atoms with Crippen LogP contribution in [0.1, 0.15) is 37.4 Å². The molecule has 112 valence electrons. The van der Waals surface area contributed by atoms with Gasteiger partial charge >= 0.3 is 0 Å². The van der Waals surface area contributed by atoms with Crippen molar-refractivity contribution in [2.45, 2.75) is 43.9 Å². The van der Waals surface area contributed by atoms with Gasteiger partial charge in [-0.25, -0.2) is 0 Å². The Kier molecular flexibility index (Phi) is 3.08. The van der Waals surface area contributed by atoms with Gasteiger partial charge < -0.3 is 15.2 Å². The third-order valence-electron chi connectivity index (χ3n) is 4.70. The summed E-state index contributed by atoms with van der Waals surface area (Å²) in [5.74, 6) is -0.364. The summed E-state index contributed by atoms with van der Waals surface area (Å²) < 4.78 is 13.3. The molecule has 3 aliphatic rings. The highest BCUT2D eigenvalue weighted by atomic mass is 16.5. The second kappa shape index (κ2) is 4.96. The number of primary amides is 1. The third-order valence-corrected chi connectivity index (χ3v) is 4.70. The number of nitrogens with two attached hydrogens (primary N) is 1. The van der Waals surface area contributed by atoms with Crippen LogP contribution in [0.5, 0.6) is 0 Å². The molecule has 2 fully saturated rings. The first kappa shape index (κ1) is 13.0. The Morgan fingerprint density at radius 1 is 1.24 bits per heavy atom. The topological polar surface area (TPSA) is 79.4 Å². The number of amides is 1. The highest BCUT2D eigenvalue weighted by molar-refractivity contribution is 6.03. The van der Waals surface area contributed by atoms with E-state index < -0.39 is 0 Å². The molecule has 0 aromatic carbocycles. The first-order valence-corrected chi connectivity index (χ1v) is 7.56. The van der Waals surface area contributed by atoms with Crippen LogP contribution in [0.2, 0.25) is 0 Å². The van der Waals surface area contributed by atoms with Crippen molar-refractivity contribution in [2.24, 2.45) is 5.73 Å². The fourth-order valence-electron chi connectivity index (χ4n) is 3.75. The summed E-state index contributed by atoms with van der Waals surface area (Å²) in [4.78, 5) is 11.8. The zero-order valence-corrected chi connectivity index (χ0v) is 11.8. The second-order valence-corrected chi connectivity index (χ2v) is 5.89. The lowest BCUT2D eigenvalue weighted by molar-refractivity contribution is -0.115. The molecule has 2 atom stereocenters. The number of hydrogen-bond donors (Lipinski definition) is 1. The van der Waals surface area contributed by atoms with Gasteiger partial charge in [0.25, 0.3) is 0 Å². The fourth-order valence-corrected chi connectivity index (χ4v) is 3.75. The van der Waals surface area contributed by atoms with Crippen LogP contribution in [0.4, 0.5) is 0 Å². The lowest BCUT2D eigenvalue weighted by Gasteiger charge is -2.25. The molecule has 3 aliphatic heterocycles. The maximum atomic E-state index is 11.8. The molecule has 0 saturated carbocycles. The number of carbonyl (C=O) groups excluding carboxylic acids is 1. The molecular weight excluding hydrogens is 270 g/mol. The third kappa shape index (κ3) is 2.01. The number of rotatable bonds is 3. The van der Waals surface area contributed by atoms with E-state index in [1.165, 1.54) is 0 Å². The van der Waals surface area contributed by atoms with Crippen molar-refractivity contribution < 1.29 is 14.3 Å². The summed E-state index contributed by atoms with van der Waals surface area (Å²) >= 11 is 0. The van der Waals surface area contributed by atoms with Gasteiger partial charge in [0.2, 0.25) is 5.91 Å². The molecular formula is C15H19N3O3. The van der Waals surface area contributed by atoms with Gasteiger partial charge in [0, 0.05) is 25.0 Å². The number of hydrogen-bond acceptors (Lipinski definition) is 4. The maximum absolute atomic E-state index is 11.8. The van der Waals surface area contributed by atoms with Crippen LogP contribution in [0.25, 0.3) is 5.57 Å². The van der Waals surface area contributed by atoms with Crippen LogP contribution in [0.3, 0.4) is 0 Å². The zero-order valence-electron chi connectivity index (χ0n) is 11.8. The van der Waals surface area contributed by atoms with Crippen molar-refractivity contribution >= 4 is 11.5 Å². The molecule has 0 radical (unpaired) electrons. The minimum atomic E-state index is -0.364. The average molecular weight is 289 g/mol. The van der Waals surface area contributed by atoms with Crippen molar-refractivity contribution in [3.05, 3.63) is 23.5 Å². The predicted octanol–water partition coefficient (Wildman–Crippen LogP) is 1.03. The highest BCUT2D eigenvalue weighted by Crippen LogP contribution is 2.44. The lowest BCUT2D eigenvalue weighted by Crippen LogP contribution is -2.26. The molecule has 0 spiro atoms. The van der Waals surface area contributed by atoms with Gasteiger partial charge in [0.15, 0.2) is 0 Å². The standard InChI is InChI=1S/C15H19N3O3/c16-15(19)14-12-2-1-11(21-12)13(14)10-3-6-17-18(10)9-4-7-20-8-5-9/h3,6,9,11-12H,1-2,4-5,7-8H2,(H2,16,19). The van der Waals surface area contributed by atoms with Crippen LogP contribution in [0, 0.1) is 0 Å². The molecule has 4 rings (SSSR count). The highest BCUT2D eigenvalue weighted by Gasteiger charge is 2.44. The largest absolute Gasteiger partial charge is 0.381 e. The molecule has 2 N–H and O–H groups in total. The van der Waals surface area contributed by atoms with Crippen molar-refractivity contribution in [3.63, 3.8) is 0 Å². The Balaban J connectivity index is 1.76. The summed E-state index contributed by atoms with van der Waals surface area (Å²) in [6, 6.07) is 2.29. The summed E-state index contributed by atoms with van der Waals surface area (Å²) in [7, 11) is 0. The minimum Gasteiger partial charge on any atom is -0.381 e. The summed E-state index contributed by atoms with van der Waals surface area (Å²) in [5.41, 5.74) is 8.19. The fraction of sp³-hybridized carbons (Fsp3) is 0.600. The Labute approximate surface area is 122 Å². The molecule has 6 nitrogen and oxygen atoms in total. The van der Waals surface area contributed by atoms with Crippen molar-refractivity contribution in [2.75, 3.05) is 13.2 Å². The number of aromatic nitrogens is 2. The van der Waals surface area contributed by atoms with E-state index in [1.54, 1.807) is 6.20 Å². The van der Waals surface area contributed by atoms with Gasteiger partial charge in [-0.3, -0.25) is 9.48 Å². The van der Waals surface area contributed by atoms with Gasteiger partial charge in [-0.2, -0.15) is 5.10 Å². The first-order chi connectivity index (χ1) is 10.3.